The Morgan fingerprint density at radius 1 is 1.35 bits per heavy atom. The van der Waals surface area contributed by atoms with Crippen LogP contribution in [0.2, 0.25) is 0 Å². The second-order valence-corrected chi connectivity index (χ2v) is 7.35. The molecule has 0 amide bonds. The zero-order chi connectivity index (χ0) is 14.3. The molecule has 2 aliphatic rings. The lowest BCUT2D eigenvalue weighted by atomic mass is 9.87. The van der Waals surface area contributed by atoms with E-state index in [9.17, 15) is 4.39 Å². The molecule has 1 aliphatic carbocycles. The molecule has 0 unspecified atom stereocenters. The Bertz CT molecular complexity index is 311. The molecule has 0 aromatic carbocycles. The van der Waals surface area contributed by atoms with Gasteiger partial charge in [0.1, 0.15) is 0 Å². The minimum atomic E-state index is -0.275. The second-order valence-electron chi connectivity index (χ2n) is 5.79. The van der Waals surface area contributed by atoms with Gasteiger partial charge in [0, 0.05) is 36.7 Å². The van der Waals surface area contributed by atoms with Crippen molar-refractivity contribution in [1.82, 2.24) is 10.2 Å². The van der Waals surface area contributed by atoms with E-state index in [2.05, 4.69) is 33.9 Å². The first-order chi connectivity index (χ1) is 9.79. The molecule has 2 fully saturated rings. The van der Waals surface area contributed by atoms with E-state index in [1.807, 2.05) is 0 Å². The highest BCUT2D eigenvalue weighted by molar-refractivity contribution is 8.00. The number of halogens is 1. The third-order valence-electron chi connectivity index (χ3n) is 4.20. The molecule has 1 saturated heterocycles. The van der Waals surface area contributed by atoms with Crippen LogP contribution in [-0.4, -0.2) is 54.2 Å². The molecule has 0 radical (unpaired) electrons. The largest absolute Gasteiger partial charge is 0.357 e. The van der Waals surface area contributed by atoms with E-state index in [1.165, 1.54) is 37.9 Å². The third-order valence-corrected chi connectivity index (χ3v) is 5.74. The first-order valence-corrected chi connectivity index (χ1v) is 9.01. The first-order valence-electron chi connectivity index (χ1n) is 8.03. The van der Waals surface area contributed by atoms with Gasteiger partial charge in [-0.15, -0.1) is 0 Å². The van der Waals surface area contributed by atoms with Gasteiger partial charge < -0.3 is 10.2 Å². The molecule has 1 N–H and O–H groups in total. The van der Waals surface area contributed by atoms with E-state index >= 15 is 0 Å². The molecule has 1 aliphatic heterocycles. The van der Waals surface area contributed by atoms with Gasteiger partial charge >= 0.3 is 0 Å². The number of alkyl halides is 1. The van der Waals surface area contributed by atoms with E-state index in [1.54, 1.807) is 0 Å². The van der Waals surface area contributed by atoms with Crippen molar-refractivity contribution in [2.45, 2.75) is 50.2 Å². The number of hydrogen-bond donors (Lipinski definition) is 1. The molecule has 0 bridgehead atoms. The van der Waals surface area contributed by atoms with E-state index in [-0.39, 0.29) is 6.67 Å². The van der Waals surface area contributed by atoms with Crippen molar-refractivity contribution in [3.05, 3.63) is 0 Å². The van der Waals surface area contributed by atoms with E-state index in [0.29, 0.717) is 17.7 Å². The van der Waals surface area contributed by atoms with Crippen molar-refractivity contribution < 1.29 is 4.39 Å². The van der Waals surface area contributed by atoms with Gasteiger partial charge in [-0.2, -0.15) is 11.8 Å². The molecule has 5 heteroatoms. The van der Waals surface area contributed by atoms with Crippen molar-refractivity contribution in [1.29, 1.82) is 0 Å². The predicted molar refractivity (Wildman–Crippen MR) is 86.4 cm³/mol. The molecule has 1 spiro atoms. The highest BCUT2D eigenvalue weighted by Crippen LogP contribution is 2.42. The van der Waals surface area contributed by atoms with Gasteiger partial charge in [-0.3, -0.25) is 9.38 Å². The average Bonchev–Trinajstić information content (AvgIpc) is 2.47. The molecule has 1 heterocycles. The summed E-state index contributed by atoms with van der Waals surface area (Å²) >= 11 is 2.17. The fourth-order valence-electron chi connectivity index (χ4n) is 3.19. The third kappa shape index (κ3) is 4.27. The van der Waals surface area contributed by atoms with E-state index < -0.39 is 0 Å². The molecular weight excluding hydrogens is 273 g/mol. The summed E-state index contributed by atoms with van der Waals surface area (Å²) in [5.41, 5.74) is 0. The Hall–Kier alpha value is -0.450. The normalized spacial score (nSPS) is 23.1. The Morgan fingerprint density at radius 3 is 2.85 bits per heavy atom. The van der Waals surface area contributed by atoms with Gasteiger partial charge in [0.2, 0.25) is 0 Å². The highest BCUT2D eigenvalue weighted by atomic mass is 32.2. The van der Waals surface area contributed by atoms with E-state index in [0.717, 1.165) is 25.6 Å². The number of hydrogen-bond acceptors (Lipinski definition) is 2. The van der Waals surface area contributed by atoms with Gasteiger partial charge in [-0.1, -0.05) is 19.3 Å². The minimum Gasteiger partial charge on any atom is -0.357 e. The van der Waals surface area contributed by atoms with Gasteiger partial charge in [0.05, 0.1) is 6.67 Å². The van der Waals surface area contributed by atoms with Gasteiger partial charge in [-0.25, -0.2) is 0 Å². The molecule has 1 saturated carbocycles. The molecule has 116 valence electrons. The van der Waals surface area contributed by atoms with E-state index in [4.69, 9.17) is 0 Å². The maximum Gasteiger partial charge on any atom is 0.193 e. The van der Waals surface area contributed by atoms with Crippen LogP contribution in [0.25, 0.3) is 0 Å². The summed E-state index contributed by atoms with van der Waals surface area (Å²) in [7, 11) is 0. The predicted octanol–water partition coefficient (Wildman–Crippen LogP) is 3.06. The quantitative estimate of drug-likeness (QED) is 0.491. The lowest BCUT2D eigenvalue weighted by molar-refractivity contribution is 0.293. The summed E-state index contributed by atoms with van der Waals surface area (Å²) in [5, 5.41) is 3.38. The molecule has 20 heavy (non-hydrogen) atoms. The molecule has 2 rings (SSSR count). The van der Waals surface area contributed by atoms with Crippen molar-refractivity contribution in [2.24, 2.45) is 4.99 Å². The van der Waals surface area contributed by atoms with Gasteiger partial charge in [-0.05, 0) is 26.2 Å². The van der Waals surface area contributed by atoms with Crippen LogP contribution in [0.5, 0.6) is 0 Å². The standard InChI is InChI=1S/C15H28FN3S/c1-2-17-14(18-10-6-9-16)19-11-12-20-15(13-19)7-4-3-5-8-15/h2-13H2,1H3,(H,17,18). The van der Waals surface area contributed by atoms with Crippen molar-refractivity contribution >= 4 is 17.7 Å². The topological polar surface area (TPSA) is 27.6 Å². The summed E-state index contributed by atoms with van der Waals surface area (Å²) in [5.74, 6) is 2.18. The Labute approximate surface area is 126 Å². The van der Waals surface area contributed by atoms with Crippen molar-refractivity contribution in [3.8, 4) is 0 Å². The lowest BCUT2D eigenvalue weighted by Crippen LogP contribution is -2.53. The molecule has 0 aromatic heterocycles. The number of thioether (sulfide) groups is 1. The van der Waals surface area contributed by atoms with Crippen LogP contribution in [-0.2, 0) is 0 Å². The Balaban J connectivity index is 1.98. The molecule has 3 nitrogen and oxygen atoms in total. The van der Waals surface area contributed by atoms with Crippen LogP contribution in [0.15, 0.2) is 4.99 Å². The fourth-order valence-corrected chi connectivity index (χ4v) is 4.76. The van der Waals surface area contributed by atoms with Crippen molar-refractivity contribution in [2.75, 3.05) is 38.6 Å². The summed E-state index contributed by atoms with van der Waals surface area (Å²) in [4.78, 5) is 6.99. The van der Waals surface area contributed by atoms with Crippen LogP contribution < -0.4 is 5.32 Å². The maximum atomic E-state index is 12.3. The van der Waals surface area contributed by atoms with Crippen LogP contribution in [0, 0.1) is 0 Å². The number of rotatable bonds is 4. The van der Waals surface area contributed by atoms with Crippen LogP contribution in [0.3, 0.4) is 0 Å². The Kier molecular flexibility index (Phi) is 6.46. The Morgan fingerprint density at radius 2 is 2.15 bits per heavy atom. The zero-order valence-electron chi connectivity index (χ0n) is 12.7. The van der Waals surface area contributed by atoms with Gasteiger partial charge in [0.15, 0.2) is 5.96 Å². The number of nitrogens with zero attached hydrogens (tertiary/aromatic N) is 2. The van der Waals surface area contributed by atoms with Crippen molar-refractivity contribution in [3.63, 3.8) is 0 Å². The van der Waals surface area contributed by atoms with Crippen LogP contribution >= 0.6 is 11.8 Å². The fraction of sp³-hybridized carbons (Fsp3) is 0.933. The monoisotopic (exact) mass is 301 g/mol. The number of guanidine groups is 1. The van der Waals surface area contributed by atoms with Crippen LogP contribution in [0.4, 0.5) is 4.39 Å². The summed E-state index contributed by atoms with van der Waals surface area (Å²) in [6.45, 7) is 5.47. The first kappa shape index (κ1) is 15.9. The number of aliphatic imine (C=N–C) groups is 1. The van der Waals surface area contributed by atoms with Gasteiger partial charge in [0.25, 0.3) is 0 Å². The summed E-state index contributed by atoms with van der Waals surface area (Å²) in [6, 6.07) is 0. The van der Waals surface area contributed by atoms with Crippen LogP contribution in [0.1, 0.15) is 45.4 Å². The average molecular weight is 301 g/mol. The smallest absolute Gasteiger partial charge is 0.193 e. The molecule has 0 atom stereocenters. The number of nitrogens with one attached hydrogen (secondary N) is 1. The maximum absolute atomic E-state index is 12.3. The minimum absolute atomic E-state index is 0.275. The summed E-state index contributed by atoms with van der Waals surface area (Å²) in [6.07, 6.45) is 7.36. The summed E-state index contributed by atoms with van der Waals surface area (Å²) < 4.78 is 12.7. The zero-order valence-corrected chi connectivity index (χ0v) is 13.5. The second kappa shape index (κ2) is 8.11. The molecular formula is C15H28FN3S. The highest BCUT2D eigenvalue weighted by Gasteiger charge is 2.38. The molecule has 0 aromatic rings. The lowest BCUT2D eigenvalue weighted by Gasteiger charge is -2.45. The SMILES string of the molecule is CCNC(=NCCCF)N1CCSC2(CCCCC2)C1.